The molecular weight excluding hydrogens is 265 g/mol. The maximum absolute atomic E-state index is 13.4. The van der Waals surface area contributed by atoms with Gasteiger partial charge in [0, 0.05) is 12.2 Å². The van der Waals surface area contributed by atoms with Gasteiger partial charge in [0.25, 0.3) is 0 Å². The molecule has 1 fully saturated rings. The molecule has 0 aliphatic carbocycles. The van der Waals surface area contributed by atoms with Crippen LogP contribution in [0.25, 0.3) is 0 Å². The van der Waals surface area contributed by atoms with E-state index in [-0.39, 0.29) is 17.8 Å². The number of carbonyl (C=O) groups is 1. The highest BCUT2D eigenvalue weighted by atomic mass is 32.1. The van der Waals surface area contributed by atoms with Gasteiger partial charge in [-0.15, -0.1) is 0 Å². The highest BCUT2D eigenvalue weighted by Crippen LogP contribution is 2.20. The Morgan fingerprint density at radius 2 is 2.32 bits per heavy atom. The van der Waals surface area contributed by atoms with Gasteiger partial charge in [-0.3, -0.25) is 4.79 Å². The average Bonchev–Trinajstić information content (AvgIpc) is 2.83. The first kappa shape index (κ1) is 13.7. The van der Waals surface area contributed by atoms with E-state index < -0.39 is 0 Å². The van der Waals surface area contributed by atoms with E-state index in [1.54, 1.807) is 24.0 Å². The summed E-state index contributed by atoms with van der Waals surface area (Å²) in [5.74, 6) is -0.669. The third-order valence-electron chi connectivity index (χ3n) is 3.27. The van der Waals surface area contributed by atoms with E-state index in [1.807, 2.05) is 0 Å². The van der Waals surface area contributed by atoms with E-state index in [1.165, 1.54) is 6.07 Å². The smallest absolute Gasteiger partial charge is 0.240 e. The van der Waals surface area contributed by atoms with Crippen LogP contribution in [0.4, 0.5) is 10.1 Å². The number of primary amides is 1. The second-order valence-corrected chi connectivity index (χ2v) is 5.03. The van der Waals surface area contributed by atoms with Crippen molar-refractivity contribution < 1.29 is 9.18 Å². The molecule has 1 amide bonds. The van der Waals surface area contributed by atoms with Crippen molar-refractivity contribution in [2.45, 2.75) is 25.8 Å². The van der Waals surface area contributed by atoms with Crippen molar-refractivity contribution in [2.75, 3.05) is 11.9 Å². The van der Waals surface area contributed by atoms with Crippen molar-refractivity contribution in [3.8, 4) is 0 Å². The molecule has 6 heteroatoms. The van der Waals surface area contributed by atoms with E-state index >= 15 is 0 Å². The molecule has 0 aromatic heterocycles. The predicted molar refractivity (Wildman–Crippen MR) is 76.3 cm³/mol. The maximum atomic E-state index is 13.4. The third-order valence-corrected chi connectivity index (χ3v) is 3.60. The quantitative estimate of drug-likeness (QED) is 0.811. The number of likely N-dealkylation sites (tertiary alicyclic amines) is 1. The lowest BCUT2D eigenvalue weighted by Crippen LogP contribution is -2.45. The number of anilines is 1. The van der Waals surface area contributed by atoms with Crippen LogP contribution in [-0.2, 0) is 4.79 Å². The molecule has 1 aromatic carbocycles. The van der Waals surface area contributed by atoms with Gasteiger partial charge in [0.15, 0.2) is 5.11 Å². The lowest BCUT2D eigenvalue weighted by atomic mass is 10.2. The summed E-state index contributed by atoms with van der Waals surface area (Å²) in [6.45, 7) is 2.38. The van der Waals surface area contributed by atoms with Crippen molar-refractivity contribution in [3.63, 3.8) is 0 Å². The number of nitrogens with two attached hydrogens (primary N) is 1. The largest absolute Gasteiger partial charge is 0.368 e. The molecule has 19 heavy (non-hydrogen) atoms. The predicted octanol–water partition coefficient (Wildman–Crippen LogP) is 1.78. The Balaban J connectivity index is 2.08. The van der Waals surface area contributed by atoms with E-state index in [9.17, 15) is 9.18 Å². The molecule has 102 valence electrons. The number of benzene rings is 1. The Morgan fingerprint density at radius 1 is 1.58 bits per heavy atom. The van der Waals surface area contributed by atoms with Crippen LogP contribution in [0.3, 0.4) is 0 Å². The first-order valence-electron chi connectivity index (χ1n) is 6.12. The number of hydrogen-bond donors (Lipinski definition) is 2. The minimum atomic E-state index is -0.378. The lowest BCUT2D eigenvalue weighted by molar-refractivity contribution is -0.121. The summed E-state index contributed by atoms with van der Waals surface area (Å²) in [7, 11) is 0. The van der Waals surface area contributed by atoms with Crippen molar-refractivity contribution in [2.24, 2.45) is 5.73 Å². The van der Waals surface area contributed by atoms with E-state index in [4.69, 9.17) is 18.0 Å². The van der Waals surface area contributed by atoms with Gasteiger partial charge in [0.1, 0.15) is 11.9 Å². The highest BCUT2D eigenvalue weighted by Gasteiger charge is 2.30. The molecule has 1 aromatic rings. The van der Waals surface area contributed by atoms with Crippen molar-refractivity contribution in [1.82, 2.24) is 4.90 Å². The summed E-state index contributed by atoms with van der Waals surface area (Å²) in [5.41, 5.74) is 6.48. The zero-order chi connectivity index (χ0) is 14.0. The van der Waals surface area contributed by atoms with Crippen LogP contribution in [-0.4, -0.2) is 28.5 Å². The molecule has 1 saturated heterocycles. The summed E-state index contributed by atoms with van der Waals surface area (Å²) in [6, 6.07) is 4.45. The monoisotopic (exact) mass is 281 g/mol. The zero-order valence-electron chi connectivity index (χ0n) is 10.6. The van der Waals surface area contributed by atoms with Crippen LogP contribution >= 0.6 is 12.2 Å². The number of aryl methyl sites for hydroxylation is 1. The van der Waals surface area contributed by atoms with E-state index in [0.29, 0.717) is 29.3 Å². The fourth-order valence-electron chi connectivity index (χ4n) is 2.17. The van der Waals surface area contributed by atoms with E-state index in [0.717, 1.165) is 6.42 Å². The maximum Gasteiger partial charge on any atom is 0.240 e. The molecule has 1 aliphatic rings. The molecular formula is C13H16FN3OS. The number of amides is 1. The molecule has 1 heterocycles. The normalized spacial score (nSPS) is 18.4. The number of nitrogens with one attached hydrogen (secondary N) is 1. The van der Waals surface area contributed by atoms with Crippen LogP contribution in [0.2, 0.25) is 0 Å². The zero-order valence-corrected chi connectivity index (χ0v) is 11.5. The van der Waals surface area contributed by atoms with E-state index in [2.05, 4.69) is 5.32 Å². The Kier molecular flexibility index (Phi) is 3.99. The molecule has 0 spiro atoms. The Morgan fingerprint density at radius 3 is 2.95 bits per heavy atom. The van der Waals surface area contributed by atoms with Gasteiger partial charge in [-0.1, -0.05) is 6.07 Å². The number of halogens is 1. The number of rotatable bonds is 2. The second kappa shape index (κ2) is 5.52. The molecule has 0 unspecified atom stereocenters. The third kappa shape index (κ3) is 3.01. The van der Waals surface area contributed by atoms with Crippen LogP contribution in [0.5, 0.6) is 0 Å². The molecule has 0 radical (unpaired) electrons. The van der Waals surface area contributed by atoms with Gasteiger partial charge in [0.2, 0.25) is 5.91 Å². The van der Waals surface area contributed by atoms with Crippen LogP contribution in [0.1, 0.15) is 18.4 Å². The molecule has 0 saturated carbocycles. The summed E-state index contributed by atoms with van der Waals surface area (Å²) in [5, 5.41) is 3.35. The first-order valence-corrected chi connectivity index (χ1v) is 6.53. The van der Waals surface area contributed by atoms with Crippen LogP contribution < -0.4 is 11.1 Å². The summed E-state index contributed by atoms with van der Waals surface area (Å²) in [4.78, 5) is 13.1. The van der Waals surface area contributed by atoms with Gasteiger partial charge in [0.05, 0.1) is 0 Å². The number of carbonyl (C=O) groups excluding carboxylic acids is 1. The topological polar surface area (TPSA) is 58.4 Å². The van der Waals surface area contributed by atoms with Crippen molar-refractivity contribution in [1.29, 1.82) is 0 Å². The second-order valence-electron chi connectivity index (χ2n) is 4.65. The average molecular weight is 281 g/mol. The van der Waals surface area contributed by atoms with Crippen molar-refractivity contribution in [3.05, 3.63) is 29.6 Å². The highest BCUT2D eigenvalue weighted by molar-refractivity contribution is 7.80. The Hall–Kier alpha value is -1.69. The van der Waals surface area contributed by atoms with Crippen LogP contribution in [0.15, 0.2) is 18.2 Å². The SMILES string of the molecule is Cc1ccc(NC(=S)N2CCC[C@H]2C(N)=O)cc1F. The van der Waals surface area contributed by atoms with Crippen LogP contribution in [0, 0.1) is 12.7 Å². The molecule has 2 rings (SSSR count). The summed E-state index contributed by atoms with van der Waals surface area (Å²) >= 11 is 5.25. The van der Waals surface area contributed by atoms with Gasteiger partial charge >= 0.3 is 0 Å². The fourth-order valence-corrected chi connectivity index (χ4v) is 2.51. The first-order chi connectivity index (χ1) is 8.99. The molecule has 3 N–H and O–H groups in total. The summed E-state index contributed by atoms with van der Waals surface area (Å²) < 4.78 is 13.4. The van der Waals surface area contributed by atoms with Gasteiger partial charge in [-0.05, 0) is 49.7 Å². The molecule has 1 aliphatic heterocycles. The molecule has 4 nitrogen and oxygen atoms in total. The Bertz CT molecular complexity index is 521. The molecule has 1 atom stereocenters. The minimum Gasteiger partial charge on any atom is -0.368 e. The minimum absolute atomic E-state index is 0.291. The number of nitrogens with zero attached hydrogens (tertiary/aromatic N) is 1. The lowest BCUT2D eigenvalue weighted by Gasteiger charge is -2.25. The molecule has 0 bridgehead atoms. The van der Waals surface area contributed by atoms with Gasteiger partial charge in [-0.25, -0.2) is 4.39 Å². The standard InChI is InChI=1S/C13H16FN3OS/c1-8-4-5-9(7-10(8)14)16-13(19)17-6-2-3-11(17)12(15)18/h4-5,7,11H,2-3,6H2,1H3,(H2,15,18)(H,16,19)/t11-/m0/s1. The summed E-state index contributed by atoms with van der Waals surface area (Å²) in [6.07, 6.45) is 1.58. The van der Waals surface area contributed by atoms with Crippen molar-refractivity contribution >= 4 is 28.9 Å². The Labute approximate surface area is 116 Å². The fraction of sp³-hybridized carbons (Fsp3) is 0.385. The van der Waals surface area contributed by atoms with Gasteiger partial charge < -0.3 is 16.0 Å². The number of hydrogen-bond acceptors (Lipinski definition) is 2. The number of thiocarbonyl (C=S) groups is 1. The van der Waals surface area contributed by atoms with Gasteiger partial charge in [-0.2, -0.15) is 0 Å².